The van der Waals surface area contributed by atoms with Gasteiger partial charge in [0.2, 0.25) is 5.91 Å². The van der Waals surface area contributed by atoms with Gasteiger partial charge in [0.05, 0.1) is 12.5 Å². The highest BCUT2D eigenvalue weighted by Crippen LogP contribution is 2.30. The molecule has 0 heterocycles. The maximum absolute atomic E-state index is 11.6. The van der Waals surface area contributed by atoms with Crippen molar-refractivity contribution in [3.8, 4) is 0 Å². The number of carbonyl (C=O) groups is 2. The van der Waals surface area contributed by atoms with Crippen molar-refractivity contribution < 1.29 is 14.7 Å². The van der Waals surface area contributed by atoms with Crippen molar-refractivity contribution >= 4 is 11.9 Å². The smallest absolute Gasteiger partial charge is 0.305 e. The lowest BCUT2D eigenvalue weighted by atomic mass is 9.97. The molecule has 4 N–H and O–H groups in total. The van der Waals surface area contributed by atoms with Crippen molar-refractivity contribution in [2.45, 2.75) is 45.2 Å². The average molecular weight is 228 g/mol. The Kier molecular flexibility index (Phi) is 4.29. The Hall–Kier alpha value is -1.10. The van der Waals surface area contributed by atoms with Crippen molar-refractivity contribution in [3.05, 3.63) is 0 Å². The fourth-order valence-electron chi connectivity index (χ4n) is 2.14. The molecule has 4 atom stereocenters. The molecule has 5 nitrogen and oxygen atoms in total. The maximum Gasteiger partial charge on any atom is 0.305 e. The van der Waals surface area contributed by atoms with Crippen molar-refractivity contribution in [1.29, 1.82) is 0 Å². The van der Waals surface area contributed by atoms with Crippen LogP contribution in [0.25, 0.3) is 0 Å². The van der Waals surface area contributed by atoms with Crippen LogP contribution < -0.4 is 11.1 Å². The van der Waals surface area contributed by atoms with Crippen LogP contribution in [0.15, 0.2) is 0 Å². The van der Waals surface area contributed by atoms with Crippen LogP contribution in [0.1, 0.15) is 33.1 Å². The van der Waals surface area contributed by atoms with E-state index >= 15 is 0 Å². The number of nitrogens with one attached hydrogen (secondary N) is 1. The Morgan fingerprint density at radius 2 is 2.06 bits per heavy atom. The van der Waals surface area contributed by atoms with Gasteiger partial charge in [0.25, 0.3) is 0 Å². The van der Waals surface area contributed by atoms with Crippen LogP contribution in [0.2, 0.25) is 0 Å². The predicted molar refractivity (Wildman–Crippen MR) is 59.7 cm³/mol. The van der Waals surface area contributed by atoms with Crippen molar-refractivity contribution in [2.75, 3.05) is 0 Å². The summed E-state index contributed by atoms with van der Waals surface area (Å²) in [6.45, 7) is 4.26. The molecular formula is C11H20N2O3. The second kappa shape index (κ2) is 5.30. The second-order valence-electron chi connectivity index (χ2n) is 4.73. The molecule has 5 heteroatoms. The first kappa shape index (κ1) is 13.0. The minimum Gasteiger partial charge on any atom is -0.481 e. The Morgan fingerprint density at radius 1 is 1.44 bits per heavy atom. The summed E-state index contributed by atoms with van der Waals surface area (Å²) >= 11 is 0. The third-order valence-electron chi connectivity index (χ3n) is 3.52. The molecule has 0 aromatic rings. The van der Waals surface area contributed by atoms with E-state index in [4.69, 9.17) is 10.8 Å². The Morgan fingerprint density at radius 3 is 2.50 bits per heavy atom. The molecule has 1 saturated carbocycles. The topological polar surface area (TPSA) is 92.4 Å². The molecule has 1 amide bonds. The van der Waals surface area contributed by atoms with E-state index in [1.165, 1.54) is 0 Å². The first-order valence-corrected chi connectivity index (χ1v) is 5.69. The molecule has 0 aromatic carbocycles. The van der Waals surface area contributed by atoms with Gasteiger partial charge in [-0.15, -0.1) is 0 Å². The summed E-state index contributed by atoms with van der Waals surface area (Å²) in [5, 5.41) is 11.4. The van der Waals surface area contributed by atoms with Gasteiger partial charge in [-0.1, -0.05) is 13.8 Å². The van der Waals surface area contributed by atoms with Gasteiger partial charge in [-0.05, 0) is 24.7 Å². The van der Waals surface area contributed by atoms with Gasteiger partial charge in [-0.25, -0.2) is 0 Å². The van der Waals surface area contributed by atoms with Crippen LogP contribution in [0.5, 0.6) is 0 Å². The quantitative estimate of drug-likeness (QED) is 0.647. The highest BCUT2D eigenvalue weighted by Gasteiger charge is 2.31. The molecule has 1 rings (SSSR count). The molecule has 1 fully saturated rings. The monoisotopic (exact) mass is 228 g/mol. The van der Waals surface area contributed by atoms with E-state index in [1.54, 1.807) is 0 Å². The lowest BCUT2D eigenvalue weighted by Crippen LogP contribution is -2.47. The molecule has 0 bridgehead atoms. The molecular weight excluding hydrogens is 208 g/mol. The van der Waals surface area contributed by atoms with E-state index in [0.717, 1.165) is 12.8 Å². The van der Waals surface area contributed by atoms with E-state index in [1.807, 2.05) is 0 Å². The summed E-state index contributed by atoms with van der Waals surface area (Å²) in [5.74, 6) is -0.370. The predicted octanol–water partition coefficient (Wildman–Crippen LogP) is 0.339. The summed E-state index contributed by atoms with van der Waals surface area (Å²) < 4.78 is 0. The largest absolute Gasteiger partial charge is 0.481 e. The van der Waals surface area contributed by atoms with Gasteiger partial charge in [0.15, 0.2) is 0 Å². The van der Waals surface area contributed by atoms with Crippen LogP contribution in [0, 0.1) is 11.8 Å². The van der Waals surface area contributed by atoms with E-state index in [2.05, 4.69) is 19.2 Å². The molecule has 0 radical (unpaired) electrons. The first-order chi connectivity index (χ1) is 7.41. The fraction of sp³-hybridized carbons (Fsp3) is 0.818. The number of carboxylic acid groups (broad SMARTS) is 1. The zero-order valence-electron chi connectivity index (χ0n) is 9.77. The van der Waals surface area contributed by atoms with Crippen molar-refractivity contribution in [1.82, 2.24) is 5.32 Å². The molecule has 92 valence electrons. The maximum atomic E-state index is 11.6. The van der Waals surface area contributed by atoms with E-state index in [9.17, 15) is 9.59 Å². The first-order valence-electron chi connectivity index (χ1n) is 5.69. The molecule has 1 aliphatic rings. The molecule has 0 saturated heterocycles. The number of carboxylic acids is 1. The lowest BCUT2D eigenvalue weighted by molar-refractivity contribution is -0.139. The highest BCUT2D eigenvalue weighted by molar-refractivity contribution is 5.86. The van der Waals surface area contributed by atoms with E-state index in [-0.39, 0.29) is 18.4 Å². The molecule has 0 spiro atoms. The number of hydrogen-bond acceptors (Lipinski definition) is 3. The number of nitrogens with two attached hydrogens (primary N) is 1. The van der Waals surface area contributed by atoms with Gasteiger partial charge in [0, 0.05) is 6.04 Å². The van der Waals surface area contributed by atoms with E-state index in [0.29, 0.717) is 11.8 Å². The highest BCUT2D eigenvalue weighted by atomic mass is 16.4. The number of hydrogen-bond donors (Lipinski definition) is 3. The molecule has 16 heavy (non-hydrogen) atoms. The van der Waals surface area contributed by atoms with Crippen LogP contribution in [0.3, 0.4) is 0 Å². The fourth-order valence-corrected chi connectivity index (χ4v) is 2.14. The second-order valence-corrected chi connectivity index (χ2v) is 4.73. The van der Waals surface area contributed by atoms with Gasteiger partial charge in [-0.2, -0.15) is 0 Å². The van der Waals surface area contributed by atoms with Gasteiger partial charge in [-0.3, -0.25) is 9.59 Å². The third-order valence-corrected chi connectivity index (χ3v) is 3.52. The lowest BCUT2D eigenvalue weighted by Gasteiger charge is -2.21. The minimum atomic E-state index is -1.05. The summed E-state index contributed by atoms with van der Waals surface area (Å²) in [5.41, 5.74) is 5.48. The molecule has 0 aromatic heterocycles. The van der Waals surface area contributed by atoms with Gasteiger partial charge < -0.3 is 16.2 Å². The minimum absolute atomic E-state index is 0.141. The standard InChI is InChI=1S/C11H20N2O3/c1-6-3-4-9(7(6)2)13-11(16)8(12)5-10(14)15/h6-9H,3-5,12H2,1-2H3,(H,13,16)(H,14,15). The number of aliphatic carboxylic acids is 1. The average Bonchev–Trinajstić information content (AvgIpc) is 2.48. The van der Waals surface area contributed by atoms with Crippen molar-refractivity contribution in [2.24, 2.45) is 17.6 Å². The zero-order valence-corrected chi connectivity index (χ0v) is 9.77. The van der Waals surface area contributed by atoms with Crippen LogP contribution in [-0.2, 0) is 9.59 Å². The third kappa shape index (κ3) is 3.20. The number of rotatable bonds is 4. The Labute approximate surface area is 95.4 Å². The van der Waals surface area contributed by atoms with Gasteiger partial charge >= 0.3 is 5.97 Å². The zero-order chi connectivity index (χ0) is 12.3. The molecule has 0 aliphatic heterocycles. The normalized spacial score (nSPS) is 31.1. The summed E-state index contributed by atoms with van der Waals surface area (Å²) in [4.78, 5) is 22.0. The SMILES string of the molecule is CC1CCC(NC(=O)C(N)CC(=O)O)C1C. The summed E-state index contributed by atoms with van der Waals surface area (Å²) in [6.07, 6.45) is 1.73. The van der Waals surface area contributed by atoms with Gasteiger partial charge in [0.1, 0.15) is 0 Å². The van der Waals surface area contributed by atoms with Crippen LogP contribution in [0.4, 0.5) is 0 Å². The Balaban J connectivity index is 2.42. The van der Waals surface area contributed by atoms with Crippen LogP contribution in [-0.4, -0.2) is 29.1 Å². The number of carbonyl (C=O) groups excluding carboxylic acids is 1. The molecule has 4 unspecified atom stereocenters. The van der Waals surface area contributed by atoms with Crippen molar-refractivity contribution in [3.63, 3.8) is 0 Å². The summed E-state index contributed by atoms with van der Waals surface area (Å²) in [6, 6.07) is -0.803. The van der Waals surface area contributed by atoms with E-state index < -0.39 is 12.0 Å². The Bertz CT molecular complexity index is 280. The summed E-state index contributed by atoms with van der Waals surface area (Å²) in [7, 11) is 0. The molecule has 1 aliphatic carbocycles. The van der Waals surface area contributed by atoms with Crippen LogP contribution >= 0.6 is 0 Å². The number of amides is 1.